The molecule has 0 spiro atoms. The number of nitrogens with one attached hydrogen (secondary N) is 2. The second-order valence-electron chi connectivity index (χ2n) is 11.1. The zero-order chi connectivity index (χ0) is 25.5. The molecule has 1 aliphatic carbocycles. The van der Waals surface area contributed by atoms with Crippen molar-refractivity contribution >= 4 is 23.4 Å². The number of hydrogen-bond acceptors (Lipinski definition) is 6. The molecule has 7 heteroatoms. The molecule has 0 radical (unpaired) electrons. The van der Waals surface area contributed by atoms with Gasteiger partial charge in [0, 0.05) is 25.2 Å². The van der Waals surface area contributed by atoms with Gasteiger partial charge in [-0.15, -0.1) is 0 Å². The Kier molecular flexibility index (Phi) is 8.49. The lowest BCUT2D eigenvalue weighted by atomic mass is 9.84. The molecule has 4 rings (SSSR count). The zero-order valence-electron chi connectivity index (χ0n) is 21.9. The van der Waals surface area contributed by atoms with Gasteiger partial charge in [-0.2, -0.15) is 0 Å². The molecule has 1 saturated carbocycles. The second kappa shape index (κ2) is 11.8. The standard InChI is InChI=1S/C29H40N4O3/c1-29(2,3)36-28(35)32-17-21-15-16-33(20-21)27-14-13-25(18-31-27)30-19-26(34)24-11-9-23(10-12-24)22-7-5-4-6-8-22/h9-14,18,21-22,30H,4-8,15-17,19-20H2,1-3H3,(H,32,35). The summed E-state index contributed by atoms with van der Waals surface area (Å²) in [6.07, 6.45) is 8.90. The topological polar surface area (TPSA) is 83.6 Å². The van der Waals surface area contributed by atoms with Crippen molar-refractivity contribution in [2.45, 2.75) is 70.8 Å². The van der Waals surface area contributed by atoms with Crippen LogP contribution in [-0.4, -0.2) is 48.6 Å². The highest BCUT2D eigenvalue weighted by atomic mass is 16.6. The number of ether oxygens (including phenoxy) is 1. The molecule has 2 aliphatic rings. The number of aromatic nitrogens is 1. The molecule has 36 heavy (non-hydrogen) atoms. The van der Waals surface area contributed by atoms with E-state index in [1.165, 1.54) is 37.7 Å². The molecule has 1 aromatic carbocycles. The third kappa shape index (κ3) is 7.45. The summed E-state index contributed by atoms with van der Waals surface area (Å²) >= 11 is 0. The van der Waals surface area contributed by atoms with E-state index in [-0.39, 0.29) is 18.4 Å². The Balaban J connectivity index is 1.21. The van der Waals surface area contributed by atoms with Crippen LogP contribution in [0.2, 0.25) is 0 Å². The van der Waals surface area contributed by atoms with Crippen LogP contribution in [0.5, 0.6) is 0 Å². The number of benzene rings is 1. The van der Waals surface area contributed by atoms with E-state index in [4.69, 9.17) is 4.74 Å². The molecule has 1 saturated heterocycles. The van der Waals surface area contributed by atoms with Gasteiger partial charge < -0.3 is 20.3 Å². The molecule has 2 N–H and O–H groups in total. The van der Waals surface area contributed by atoms with Gasteiger partial charge in [0.25, 0.3) is 0 Å². The molecular weight excluding hydrogens is 452 g/mol. The third-order valence-electron chi connectivity index (χ3n) is 7.05. The van der Waals surface area contributed by atoms with Gasteiger partial charge in [-0.25, -0.2) is 9.78 Å². The molecule has 1 aliphatic heterocycles. The SMILES string of the molecule is CC(C)(C)OC(=O)NCC1CCN(c2ccc(NCC(=O)c3ccc(C4CCCCC4)cc3)cn2)C1. The smallest absolute Gasteiger partial charge is 0.407 e. The molecule has 1 unspecified atom stereocenters. The molecule has 2 aromatic rings. The van der Waals surface area contributed by atoms with Gasteiger partial charge >= 0.3 is 6.09 Å². The van der Waals surface area contributed by atoms with E-state index < -0.39 is 5.60 Å². The average molecular weight is 493 g/mol. The number of ketones is 1. The average Bonchev–Trinajstić information content (AvgIpc) is 3.35. The van der Waals surface area contributed by atoms with Crippen LogP contribution in [0.4, 0.5) is 16.3 Å². The first-order valence-corrected chi connectivity index (χ1v) is 13.3. The minimum atomic E-state index is -0.491. The fraction of sp³-hybridized carbons (Fsp3) is 0.552. The lowest BCUT2D eigenvalue weighted by molar-refractivity contribution is 0.0520. The Morgan fingerprint density at radius 3 is 2.44 bits per heavy atom. The van der Waals surface area contributed by atoms with Gasteiger partial charge in [0.2, 0.25) is 0 Å². The Labute approximate surface area is 215 Å². The van der Waals surface area contributed by atoms with E-state index in [9.17, 15) is 9.59 Å². The number of nitrogens with zero attached hydrogens (tertiary/aromatic N) is 2. The van der Waals surface area contributed by atoms with Crippen LogP contribution in [0.1, 0.15) is 81.1 Å². The van der Waals surface area contributed by atoms with Gasteiger partial charge in [0.15, 0.2) is 5.78 Å². The summed E-state index contributed by atoms with van der Waals surface area (Å²) in [4.78, 5) is 31.4. The van der Waals surface area contributed by atoms with E-state index in [0.717, 1.165) is 36.6 Å². The van der Waals surface area contributed by atoms with Crippen molar-refractivity contribution in [3.05, 3.63) is 53.7 Å². The molecule has 2 heterocycles. The van der Waals surface area contributed by atoms with Crippen LogP contribution < -0.4 is 15.5 Å². The number of hydrogen-bond donors (Lipinski definition) is 2. The first-order chi connectivity index (χ1) is 17.3. The van der Waals surface area contributed by atoms with Crippen molar-refractivity contribution in [2.24, 2.45) is 5.92 Å². The van der Waals surface area contributed by atoms with E-state index in [1.54, 1.807) is 6.20 Å². The Morgan fingerprint density at radius 1 is 1.03 bits per heavy atom. The van der Waals surface area contributed by atoms with Gasteiger partial charge in [-0.3, -0.25) is 4.79 Å². The Hall–Kier alpha value is -3.09. The largest absolute Gasteiger partial charge is 0.444 e. The predicted octanol–water partition coefficient (Wildman–Crippen LogP) is 5.78. The number of carbonyl (C=O) groups is 2. The van der Waals surface area contributed by atoms with E-state index in [1.807, 2.05) is 45.0 Å². The summed E-state index contributed by atoms with van der Waals surface area (Å²) in [5.74, 6) is 2.00. The molecular formula is C29H40N4O3. The molecule has 0 bridgehead atoms. The maximum absolute atomic E-state index is 12.7. The van der Waals surface area contributed by atoms with Crippen LogP contribution in [0.3, 0.4) is 0 Å². The van der Waals surface area contributed by atoms with Crippen molar-refractivity contribution in [2.75, 3.05) is 36.4 Å². The van der Waals surface area contributed by atoms with Gasteiger partial charge in [0.05, 0.1) is 18.4 Å². The first-order valence-electron chi connectivity index (χ1n) is 13.3. The molecule has 1 aromatic heterocycles. The molecule has 194 valence electrons. The quantitative estimate of drug-likeness (QED) is 0.455. The fourth-order valence-electron chi connectivity index (χ4n) is 5.09. The van der Waals surface area contributed by atoms with Crippen molar-refractivity contribution < 1.29 is 14.3 Å². The number of anilines is 2. The highest BCUT2D eigenvalue weighted by molar-refractivity contribution is 5.99. The maximum atomic E-state index is 12.7. The first kappa shape index (κ1) is 26.0. The number of carbonyl (C=O) groups excluding carboxylic acids is 2. The number of alkyl carbamates (subject to hydrolysis) is 1. The molecule has 2 fully saturated rings. The highest BCUT2D eigenvalue weighted by Gasteiger charge is 2.25. The lowest BCUT2D eigenvalue weighted by Crippen LogP contribution is -2.36. The monoisotopic (exact) mass is 492 g/mol. The summed E-state index contributed by atoms with van der Waals surface area (Å²) < 4.78 is 5.31. The number of Topliss-reactive ketones (excluding diaryl/α,β-unsaturated/α-hetero) is 1. The number of amides is 1. The minimum absolute atomic E-state index is 0.0779. The van der Waals surface area contributed by atoms with Crippen molar-refractivity contribution in [3.8, 4) is 0 Å². The van der Waals surface area contributed by atoms with Crippen LogP contribution in [0.15, 0.2) is 42.6 Å². The normalized spacial score (nSPS) is 18.6. The van der Waals surface area contributed by atoms with Crippen LogP contribution in [0.25, 0.3) is 0 Å². The summed E-state index contributed by atoms with van der Waals surface area (Å²) in [7, 11) is 0. The zero-order valence-corrected chi connectivity index (χ0v) is 21.9. The van der Waals surface area contributed by atoms with Gasteiger partial charge in [-0.1, -0.05) is 43.5 Å². The van der Waals surface area contributed by atoms with Crippen molar-refractivity contribution in [1.29, 1.82) is 0 Å². The third-order valence-corrected chi connectivity index (χ3v) is 7.05. The van der Waals surface area contributed by atoms with Crippen molar-refractivity contribution in [3.63, 3.8) is 0 Å². The van der Waals surface area contributed by atoms with Gasteiger partial charge in [0.1, 0.15) is 11.4 Å². The maximum Gasteiger partial charge on any atom is 0.407 e. The predicted molar refractivity (Wildman–Crippen MR) is 144 cm³/mol. The van der Waals surface area contributed by atoms with Crippen LogP contribution in [-0.2, 0) is 4.74 Å². The van der Waals surface area contributed by atoms with E-state index in [2.05, 4.69) is 32.7 Å². The van der Waals surface area contributed by atoms with Gasteiger partial charge in [-0.05, 0) is 69.6 Å². The summed E-state index contributed by atoms with van der Waals surface area (Å²) in [5, 5.41) is 6.08. The molecule has 1 amide bonds. The fourth-order valence-corrected chi connectivity index (χ4v) is 5.09. The molecule has 7 nitrogen and oxygen atoms in total. The minimum Gasteiger partial charge on any atom is -0.444 e. The van der Waals surface area contributed by atoms with E-state index >= 15 is 0 Å². The number of rotatable bonds is 8. The second-order valence-corrected chi connectivity index (χ2v) is 11.1. The van der Waals surface area contributed by atoms with E-state index in [0.29, 0.717) is 18.4 Å². The summed E-state index contributed by atoms with van der Waals surface area (Å²) in [6, 6.07) is 12.1. The summed E-state index contributed by atoms with van der Waals surface area (Å²) in [6.45, 7) is 8.15. The van der Waals surface area contributed by atoms with Crippen LogP contribution in [0, 0.1) is 5.92 Å². The Morgan fingerprint density at radius 2 is 1.78 bits per heavy atom. The van der Waals surface area contributed by atoms with Crippen molar-refractivity contribution in [1.82, 2.24) is 10.3 Å². The lowest BCUT2D eigenvalue weighted by Gasteiger charge is -2.22. The molecule has 1 atom stereocenters. The Bertz CT molecular complexity index is 1010. The van der Waals surface area contributed by atoms with Crippen LogP contribution >= 0.6 is 0 Å². The number of pyridine rings is 1. The summed E-state index contributed by atoms with van der Waals surface area (Å²) in [5.41, 5.74) is 2.45. The highest BCUT2D eigenvalue weighted by Crippen LogP contribution is 2.32.